The zero-order chi connectivity index (χ0) is 18.1. The van der Waals surface area contributed by atoms with E-state index in [9.17, 15) is 9.59 Å². The fourth-order valence-corrected chi connectivity index (χ4v) is 4.53. The first kappa shape index (κ1) is 16.8. The molecule has 2 fully saturated rings. The number of carbonyl (C=O) groups excluding carboxylic acids is 2. The van der Waals surface area contributed by atoms with Crippen molar-refractivity contribution in [3.8, 4) is 0 Å². The van der Waals surface area contributed by atoms with E-state index in [-0.39, 0.29) is 30.1 Å². The number of carbonyl (C=O) groups is 2. The van der Waals surface area contributed by atoms with Crippen molar-refractivity contribution in [2.24, 2.45) is 0 Å². The number of rotatable bonds is 2. The molecule has 2 aromatic carbocycles. The standard InChI is InChI=1S/C22H24N2O2/c1-16-23(21(25)17-10-4-2-5-11-17)19-14-8-9-15-20(19)24(16)22(26)18-12-6-3-7-13-18/h2-7,10-13,16,19-20H,8-9,14-15H2,1H3/t19-,20-/m0/s1. The minimum atomic E-state index is -0.233. The van der Waals surface area contributed by atoms with Crippen molar-refractivity contribution in [3.05, 3.63) is 71.8 Å². The second-order valence-corrected chi connectivity index (χ2v) is 7.21. The van der Waals surface area contributed by atoms with E-state index in [1.165, 1.54) is 0 Å². The summed E-state index contributed by atoms with van der Waals surface area (Å²) in [5.41, 5.74) is 1.38. The average molecular weight is 348 g/mol. The van der Waals surface area contributed by atoms with Gasteiger partial charge in [0.1, 0.15) is 6.17 Å². The van der Waals surface area contributed by atoms with Crippen LogP contribution in [-0.4, -0.2) is 39.9 Å². The van der Waals surface area contributed by atoms with Crippen LogP contribution in [0.1, 0.15) is 53.3 Å². The summed E-state index contributed by atoms with van der Waals surface area (Å²) in [5, 5.41) is 0. The Labute approximate surface area is 154 Å². The first-order valence-corrected chi connectivity index (χ1v) is 9.44. The summed E-state index contributed by atoms with van der Waals surface area (Å²) in [4.78, 5) is 30.3. The van der Waals surface area contributed by atoms with E-state index in [1.807, 2.05) is 77.4 Å². The summed E-state index contributed by atoms with van der Waals surface area (Å²) < 4.78 is 0. The molecule has 1 saturated heterocycles. The number of nitrogens with zero attached hydrogens (tertiary/aromatic N) is 2. The van der Waals surface area contributed by atoms with E-state index in [0.29, 0.717) is 11.1 Å². The SMILES string of the molecule is CC1N(C(=O)c2ccccc2)[C@H]2CCCC[C@@H]2N1C(=O)c1ccccc1. The largest absolute Gasteiger partial charge is 0.313 e. The topological polar surface area (TPSA) is 40.6 Å². The van der Waals surface area contributed by atoms with Crippen molar-refractivity contribution in [1.82, 2.24) is 9.80 Å². The van der Waals surface area contributed by atoms with Gasteiger partial charge in [-0.25, -0.2) is 0 Å². The Morgan fingerprint density at radius 2 is 1.12 bits per heavy atom. The monoisotopic (exact) mass is 348 g/mol. The summed E-state index contributed by atoms with van der Waals surface area (Å²) in [6.45, 7) is 1.99. The van der Waals surface area contributed by atoms with Crippen LogP contribution in [0.2, 0.25) is 0 Å². The molecule has 4 rings (SSSR count). The third-order valence-corrected chi connectivity index (χ3v) is 5.72. The minimum absolute atomic E-state index is 0.0263. The molecule has 1 saturated carbocycles. The quantitative estimate of drug-likeness (QED) is 0.825. The first-order valence-electron chi connectivity index (χ1n) is 9.44. The Kier molecular flexibility index (Phi) is 4.49. The predicted octanol–water partition coefficient (Wildman–Crippen LogP) is 3.94. The highest BCUT2D eigenvalue weighted by atomic mass is 16.2. The van der Waals surface area contributed by atoms with Gasteiger partial charge in [-0.15, -0.1) is 0 Å². The number of hydrogen-bond acceptors (Lipinski definition) is 2. The van der Waals surface area contributed by atoms with Crippen molar-refractivity contribution in [2.75, 3.05) is 0 Å². The van der Waals surface area contributed by atoms with Gasteiger partial charge in [-0.2, -0.15) is 0 Å². The molecule has 1 heterocycles. The van der Waals surface area contributed by atoms with Gasteiger partial charge in [-0.1, -0.05) is 49.2 Å². The maximum absolute atomic E-state index is 13.2. The van der Waals surface area contributed by atoms with Crippen LogP contribution < -0.4 is 0 Å². The van der Waals surface area contributed by atoms with Crippen LogP contribution in [0.5, 0.6) is 0 Å². The van der Waals surface area contributed by atoms with Gasteiger partial charge in [0, 0.05) is 11.1 Å². The molecule has 0 radical (unpaired) electrons. The summed E-state index contributed by atoms with van der Waals surface area (Å²) >= 11 is 0. The zero-order valence-corrected chi connectivity index (χ0v) is 15.0. The molecule has 2 aliphatic rings. The van der Waals surface area contributed by atoms with Crippen molar-refractivity contribution < 1.29 is 9.59 Å². The molecular weight excluding hydrogens is 324 g/mol. The molecule has 4 heteroatoms. The second kappa shape index (κ2) is 6.94. The Bertz CT molecular complexity index is 723. The zero-order valence-electron chi connectivity index (χ0n) is 15.0. The fourth-order valence-electron chi connectivity index (χ4n) is 4.53. The van der Waals surface area contributed by atoms with Gasteiger partial charge in [0.25, 0.3) is 11.8 Å². The van der Waals surface area contributed by atoms with E-state index in [4.69, 9.17) is 0 Å². The Morgan fingerprint density at radius 3 is 1.50 bits per heavy atom. The van der Waals surface area contributed by atoms with Crippen LogP contribution in [0, 0.1) is 0 Å². The molecule has 4 nitrogen and oxygen atoms in total. The maximum Gasteiger partial charge on any atom is 0.255 e. The van der Waals surface area contributed by atoms with E-state index in [2.05, 4.69) is 0 Å². The molecule has 0 aromatic heterocycles. The van der Waals surface area contributed by atoms with Crippen molar-refractivity contribution in [2.45, 2.75) is 50.9 Å². The molecule has 2 atom stereocenters. The number of amides is 2. The third-order valence-electron chi connectivity index (χ3n) is 5.72. The molecular formula is C22H24N2O2. The van der Waals surface area contributed by atoms with Gasteiger partial charge in [-0.3, -0.25) is 9.59 Å². The van der Waals surface area contributed by atoms with Crippen molar-refractivity contribution in [3.63, 3.8) is 0 Å². The predicted molar refractivity (Wildman–Crippen MR) is 101 cm³/mol. The van der Waals surface area contributed by atoms with Gasteiger partial charge in [-0.05, 0) is 44.0 Å². The molecule has 134 valence electrons. The summed E-state index contributed by atoms with van der Waals surface area (Å²) in [5.74, 6) is 0.0525. The highest BCUT2D eigenvalue weighted by Gasteiger charge is 2.49. The highest BCUT2D eigenvalue weighted by molar-refractivity contribution is 5.98. The number of hydrogen-bond donors (Lipinski definition) is 0. The lowest BCUT2D eigenvalue weighted by atomic mass is 9.89. The number of benzene rings is 2. The minimum Gasteiger partial charge on any atom is -0.313 e. The Morgan fingerprint density at radius 1 is 0.731 bits per heavy atom. The van der Waals surface area contributed by atoms with Crippen LogP contribution in [0.3, 0.4) is 0 Å². The van der Waals surface area contributed by atoms with E-state index in [1.54, 1.807) is 0 Å². The molecule has 2 amide bonds. The molecule has 0 unspecified atom stereocenters. The van der Waals surface area contributed by atoms with Crippen LogP contribution in [0.25, 0.3) is 0 Å². The molecule has 2 aromatic rings. The molecule has 26 heavy (non-hydrogen) atoms. The molecule has 1 aliphatic carbocycles. The first-order chi connectivity index (χ1) is 12.7. The molecule has 0 N–H and O–H groups in total. The van der Waals surface area contributed by atoms with Gasteiger partial charge in [0.15, 0.2) is 0 Å². The smallest absolute Gasteiger partial charge is 0.255 e. The van der Waals surface area contributed by atoms with E-state index >= 15 is 0 Å². The third kappa shape index (κ3) is 2.79. The Balaban J connectivity index is 1.68. The molecule has 0 bridgehead atoms. The lowest BCUT2D eigenvalue weighted by Crippen LogP contribution is -2.44. The van der Waals surface area contributed by atoms with Gasteiger partial charge >= 0.3 is 0 Å². The average Bonchev–Trinajstić information content (AvgIpc) is 3.00. The van der Waals surface area contributed by atoms with Crippen LogP contribution in [0.4, 0.5) is 0 Å². The highest BCUT2D eigenvalue weighted by Crippen LogP contribution is 2.38. The summed E-state index contributed by atoms with van der Waals surface area (Å²) in [6, 6.07) is 19.0. The lowest BCUT2D eigenvalue weighted by molar-refractivity contribution is 0.0532. The van der Waals surface area contributed by atoms with Crippen LogP contribution >= 0.6 is 0 Å². The number of fused-ring (bicyclic) bond motifs is 1. The summed E-state index contributed by atoms with van der Waals surface area (Å²) in [6.07, 6.45) is 3.92. The lowest BCUT2D eigenvalue weighted by Gasteiger charge is -2.32. The Hall–Kier alpha value is -2.62. The van der Waals surface area contributed by atoms with Gasteiger partial charge in [0.2, 0.25) is 0 Å². The second-order valence-electron chi connectivity index (χ2n) is 7.21. The molecule has 1 aliphatic heterocycles. The van der Waals surface area contributed by atoms with Gasteiger partial charge in [0.05, 0.1) is 12.1 Å². The van der Waals surface area contributed by atoms with E-state index in [0.717, 1.165) is 25.7 Å². The normalized spacial score (nSPS) is 23.0. The molecule has 0 spiro atoms. The fraction of sp³-hybridized carbons (Fsp3) is 0.364. The van der Waals surface area contributed by atoms with Gasteiger partial charge < -0.3 is 9.80 Å². The van der Waals surface area contributed by atoms with Crippen molar-refractivity contribution in [1.29, 1.82) is 0 Å². The van der Waals surface area contributed by atoms with E-state index < -0.39 is 0 Å². The van der Waals surface area contributed by atoms with Crippen LogP contribution in [-0.2, 0) is 0 Å². The maximum atomic E-state index is 13.2. The van der Waals surface area contributed by atoms with Crippen LogP contribution in [0.15, 0.2) is 60.7 Å². The van der Waals surface area contributed by atoms with Crippen molar-refractivity contribution >= 4 is 11.8 Å². The summed E-state index contributed by atoms with van der Waals surface area (Å²) in [7, 11) is 0.